The van der Waals surface area contributed by atoms with Gasteiger partial charge >= 0.3 is 5.97 Å². The predicted molar refractivity (Wildman–Crippen MR) is 104 cm³/mol. The van der Waals surface area contributed by atoms with Crippen molar-refractivity contribution in [3.8, 4) is 17.2 Å². The Morgan fingerprint density at radius 1 is 1.21 bits per heavy atom. The van der Waals surface area contributed by atoms with Crippen molar-refractivity contribution in [2.75, 3.05) is 18.5 Å². The molecule has 0 radical (unpaired) electrons. The molecule has 146 valence electrons. The molecule has 3 rings (SSSR count). The van der Waals surface area contributed by atoms with Crippen LogP contribution in [-0.4, -0.2) is 35.3 Å². The van der Waals surface area contributed by atoms with Gasteiger partial charge in [0, 0.05) is 10.4 Å². The summed E-state index contributed by atoms with van der Waals surface area (Å²) < 4.78 is 15.7. The average Bonchev–Trinajstić information content (AvgIpc) is 3.37. The number of amides is 1. The maximum Gasteiger partial charge on any atom is 0.341 e. The number of aromatic nitrogens is 2. The maximum absolute atomic E-state index is 12.3. The molecule has 8 nitrogen and oxygen atoms in total. The number of thiophene rings is 1. The third-order valence-electron chi connectivity index (χ3n) is 3.71. The Labute approximate surface area is 165 Å². The average molecular weight is 401 g/mol. The highest BCUT2D eigenvalue weighted by atomic mass is 32.1. The van der Waals surface area contributed by atoms with Crippen LogP contribution in [0.15, 0.2) is 41.1 Å². The summed E-state index contributed by atoms with van der Waals surface area (Å²) in [6, 6.07) is 8.67. The highest BCUT2D eigenvalue weighted by molar-refractivity contribution is 7.16. The Morgan fingerprint density at radius 3 is 2.64 bits per heavy atom. The number of hydrogen-bond acceptors (Lipinski definition) is 8. The van der Waals surface area contributed by atoms with Crippen LogP contribution in [0.3, 0.4) is 0 Å². The molecule has 0 saturated carbocycles. The molecular formula is C19H19N3O5S. The molecule has 0 fully saturated rings. The lowest BCUT2D eigenvalue weighted by Gasteiger charge is -2.08. The molecular weight excluding hydrogens is 382 g/mol. The molecule has 9 heteroatoms. The van der Waals surface area contributed by atoms with Crippen molar-refractivity contribution in [3.05, 3.63) is 47.2 Å². The molecule has 2 heterocycles. The van der Waals surface area contributed by atoms with E-state index in [0.717, 1.165) is 16.9 Å². The molecule has 0 aliphatic heterocycles. The molecule has 0 atom stereocenters. The van der Waals surface area contributed by atoms with E-state index in [4.69, 9.17) is 13.9 Å². The summed E-state index contributed by atoms with van der Waals surface area (Å²) in [5, 5.41) is 10.6. The highest BCUT2D eigenvalue weighted by Crippen LogP contribution is 2.29. The van der Waals surface area contributed by atoms with E-state index in [1.165, 1.54) is 17.7 Å². The second kappa shape index (κ2) is 9.14. The van der Waals surface area contributed by atoms with Gasteiger partial charge in [-0.25, -0.2) is 4.79 Å². The monoisotopic (exact) mass is 401 g/mol. The summed E-state index contributed by atoms with van der Waals surface area (Å²) in [5.74, 6) is 0.104. The van der Waals surface area contributed by atoms with Gasteiger partial charge in [-0.15, -0.1) is 21.5 Å². The van der Waals surface area contributed by atoms with Crippen LogP contribution in [0.2, 0.25) is 0 Å². The van der Waals surface area contributed by atoms with Gasteiger partial charge in [-0.1, -0.05) is 6.92 Å². The Bertz CT molecular complexity index is 935. The zero-order valence-corrected chi connectivity index (χ0v) is 16.2. The van der Waals surface area contributed by atoms with Crippen LogP contribution in [0, 0.1) is 0 Å². The Kier molecular flexibility index (Phi) is 6.38. The second-order valence-electron chi connectivity index (χ2n) is 5.63. The number of esters is 1. The van der Waals surface area contributed by atoms with Crippen LogP contribution in [0.25, 0.3) is 11.5 Å². The highest BCUT2D eigenvalue weighted by Gasteiger charge is 2.18. The molecule has 2 aromatic heterocycles. The van der Waals surface area contributed by atoms with Crippen LogP contribution >= 0.6 is 11.3 Å². The summed E-state index contributed by atoms with van der Waals surface area (Å²) in [4.78, 5) is 25.3. The Morgan fingerprint density at radius 2 is 2.00 bits per heavy atom. The number of aryl methyl sites for hydroxylation is 1. The normalized spacial score (nSPS) is 10.5. The molecule has 1 N–H and O–H groups in total. The van der Waals surface area contributed by atoms with Crippen molar-refractivity contribution in [2.45, 2.75) is 20.3 Å². The number of ether oxygens (including phenoxy) is 2. The van der Waals surface area contributed by atoms with E-state index in [1.54, 1.807) is 37.3 Å². The molecule has 0 saturated heterocycles. The van der Waals surface area contributed by atoms with Crippen LogP contribution in [0.5, 0.6) is 5.75 Å². The molecule has 3 aromatic rings. The van der Waals surface area contributed by atoms with Gasteiger partial charge < -0.3 is 19.2 Å². The maximum atomic E-state index is 12.3. The molecule has 0 spiro atoms. The number of nitrogens with zero attached hydrogens (tertiary/aromatic N) is 2. The summed E-state index contributed by atoms with van der Waals surface area (Å²) in [5.41, 5.74) is 1.11. The second-order valence-corrected chi connectivity index (χ2v) is 6.77. The van der Waals surface area contributed by atoms with E-state index in [0.29, 0.717) is 22.2 Å². The standard InChI is InChI=1S/C19H19N3O5S/c1-3-14-9-15(19(24)25-4-2)18(28-14)21-16(23)10-26-13-7-5-12(6-8-13)17-22-20-11-27-17/h5-9,11H,3-4,10H2,1-2H3,(H,21,23). The van der Waals surface area contributed by atoms with E-state index in [2.05, 4.69) is 15.5 Å². The zero-order valence-electron chi connectivity index (χ0n) is 15.4. The Balaban J connectivity index is 1.60. The number of anilines is 1. The molecule has 1 aromatic carbocycles. The fraction of sp³-hybridized carbons (Fsp3) is 0.263. The first kappa shape index (κ1) is 19.6. The number of nitrogens with one attached hydrogen (secondary N) is 1. The van der Waals surface area contributed by atoms with Gasteiger partial charge in [-0.05, 0) is 43.7 Å². The van der Waals surface area contributed by atoms with Crippen molar-refractivity contribution in [2.24, 2.45) is 0 Å². The van der Waals surface area contributed by atoms with Crippen molar-refractivity contribution in [1.82, 2.24) is 10.2 Å². The SMILES string of the molecule is CCOC(=O)c1cc(CC)sc1NC(=O)COc1ccc(-c2nnco2)cc1. The smallest absolute Gasteiger partial charge is 0.341 e. The van der Waals surface area contributed by atoms with Gasteiger partial charge in [-0.3, -0.25) is 4.79 Å². The molecule has 0 aliphatic carbocycles. The lowest BCUT2D eigenvalue weighted by atomic mass is 10.2. The third-order valence-corrected chi connectivity index (χ3v) is 4.91. The molecule has 0 bridgehead atoms. The molecule has 28 heavy (non-hydrogen) atoms. The van der Waals surface area contributed by atoms with Crippen molar-refractivity contribution in [3.63, 3.8) is 0 Å². The third kappa shape index (κ3) is 4.74. The lowest BCUT2D eigenvalue weighted by molar-refractivity contribution is -0.118. The molecule has 0 unspecified atom stereocenters. The van der Waals surface area contributed by atoms with Crippen LogP contribution in [0.1, 0.15) is 29.1 Å². The van der Waals surface area contributed by atoms with Gasteiger partial charge in [0.2, 0.25) is 12.3 Å². The minimum absolute atomic E-state index is 0.193. The van der Waals surface area contributed by atoms with Crippen molar-refractivity contribution < 1.29 is 23.5 Å². The van der Waals surface area contributed by atoms with E-state index in [1.807, 2.05) is 6.92 Å². The number of carbonyl (C=O) groups excluding carboxylic acids is 2. The summed E-state index contributed by atoms with van der Waals surface area (Å²) in [6.45, 7) is 3.79. The minimum Gasteiger partial charge on any atom is -0.484 e. The van der Waals surface area contributed by atoms with E-state index >= 15 is 0 Å². The van der Waals surface area contributed by atoms with Crippen LogP contribution in [0.4, 0.5) is 5.00 Å². The summed E-state index contributed by atoms with van der Waals surface area (Å²) in [7, 11) is 0. The molecule has 0 aliphatic rings. The summed E-state index contributed by atoms with van der Waals surface area (Å²) in [6.07, 6.45) is 2.01. The fourth-order valence-corrected chi connectivity index (χ4v) is 3.37. The topological polar surface area (TPSA) is 104 Å². The van der Waals surface area contributed by atoms with Gasteiger partial charge in [0.15, 0.2) is 6.61 Å². The van der Waals surface area contributed by atoms with Gasteiger partial charge in [0.1, 0.15) is 10.8 Å². The van der Waals surface area contributed by atoms with Gasteiger partial charge in [0.05, 0.1) is 12.2 Å². The first-order valence-corrected chi connectivity index (χ1v) is 9.51. The number of carbonyl (C=O) groups is 2. The quantitative estimate of drug-likeness (QED) is 0.576. The summed E-state index contributed by atoms with van der Waals surface area (Å²) >= 11 is 1.35. The number of benzene rings is 1. The lowest BCUT2D eigenvalue weighted by Crippen LogP contribution is -2.21. The first-order chi connectivity index (χ1) is 13.6. The minimum atomic E-state index is -0.453. The van der Waals surface area contributed by atoms with Gasteiger partial charge in [-0.2, -0.15) is 0 Å². The zero-order chi connectivity index (χ0) is 19.9. The van der Waals surface area contributed by atoms with E-state index in [9.17, 15) is 9.59 Å². The molecule has 1 amide bonds. The first-order valence-electron chi connectivity index (χ1n) is 8.69. The predicted octanol–water partition coefficient (Wildman–Crippen LogP) is 3.55. The van der Waals surface area contributed by atoms with E-state index < -0.39 is 5.97 Å². The van der Waals surface area contributed by atoms with Crippen LogP contribution in [-0.2, 0) is 16.0 Å². The largest absolute Gasteiger partial charge is 0.484 e. The van der Waals surface area contributed by atoms with Crippen LogP contribution < -0.4 is 10.1 Å². The Hall–Kier alpha value is -3.20. The van der Waals surface area contributed by atoms with Gasteiger partial charge in [0.25, 0.3) is 5.91 Å². The number of hydrogen-bond donors (Lipinski definition) is 1. The number of rotatable bonds is 8. The fourth-order valence-electron chi connectivity index (χ4n) is 2.37. The van der Waals surface area contributed by atoms with Crippen molar-refractivity contribution in [1.29, 1.82) is 0 Å². The van der Waals surface area contributed by atoms with Crippen molar-refractivity contribution >= 4 is 28.2 Å². The van der Waals surface area contributed by atoms with E-state index in [-0.39, 0.29) is 19.1 Å².